The fraction of sp³-hybridized carbons (Fsp3) is 0.278. The van der Waals surface area contributed by atoms with Crippen LogP contribution in [0, 0.1) is 0 Å². The van der Waals surface area contributed by atoms with Crippen molar-refractivity contribution in [1.29, 1.82) is 0 Å². The number of para-hydroxylation sites is 2. The van der Waals surface area contributed by atoms with E-state index in [0.717, 1.165) is 28.2 Å². The Balaban J connectivity index is 1.93. The number of aliphatic hydroxyl groups excluding tert-OH is 1. The highest BCUT2D eigenvalue weighted by Crippen LogP contribution is 2.32. The predicted molar refractivity (Wildman–Crippen MR) is 87.1 cm³/mol. The van der Waals surface area contributed by atoms with Gasteiger partial charge in [0.15, 0.2) is 0 Å². The number of benzene rings is 2. The fourth-order valence-electron chi connectivity index (χ4n) is 2.80. The molecular weight excluding hydrogens is 276 g/mol. The first kappa shape index (κ1) is 14.6. The molecule has 0 spiro atoms. The number of nitrogens with zero attached hydrogens (tertiary/aromatic N) is 2. The molecule has 4 heteroatoms. The molecule has 0 saturated carbocycles. The molecule has 114 valence electrons. The van der Waals surface area contributed by atoms with Gasteiger partial charge >= 0.3 is 0 Å². The summed E-state index contributed by atoms with van der Waals surface area (Å²) >= 11 is 0. The lowest BCUT2D eigenvalue weighted by molar-refractivity contribution is 0.147. The zero-order valence-electron chi connectivity index (χ0n) is 13.0. The lowest BCUT2D eigenvalue weighted by atomic mass is 9.96. The predicted octanol–water partition coefficient (Wildman–Crippen LogP) is 3.42. The van der Waals surface area contributed by atoms with Crippen molar-refractivity contribution < 1.29 is 9.84 Å². The van der Waals surface area contributed by atoms with E-state index in [1.165, 1.54) is 0 Å². The summed E-state index contributed by atoms with van der Waals surface area (Å²) in [5, 5.41) is 10.7. The first-order valence-electron chi connectivity index (χ1n) is 7.35. The molecule has 3 rings (SSSR count). The second-order valence-corrected chi connectivity index (χ2v) is 5.52. The van der Waals surface area contributed by atoms with Crippen LogP contribution in [0.4, 0.5) is 0 Å². The number of aromatic nitrogens is 2. The van der Waals surface area contributed by atoms with Gasteiger partial charge in [-0.15, -0.1) is 0 Å². The van der Waals surface area contributed by atoms with Crippen LogP contribution in [0.1, 0.15) is 30.3 Å². The molecule has 0 radical (unpaired) electrons. The highest BCUT2D eigenvalue weighted by Gasteiger charge is 2.23. The third-order valence-electron chi connectivity index (χ3n) is 4.16. The summed E-state index contributed by atoms with van der Waals surface area (Å²) in [6, 6.07) is 15.5. The van der Waals surface area contributed by atoms with Crippen molar-refractivity contribution in [1.82, 2.24) is 9.55 Å². The van der Waals surface area contributed by atoms with E-state index in [9.17, 15) is 5.11 Å². The topological polar surface area (TPSA) is 47.3 Å². The molecule has 22 heavy (non-hydrogen) atoms. The van der Waals surface area contributed by atoms with Crippen LogP contribution in [0.5, 0.6) is 5.75 Å². The summed E-state index contributed by atoms with van der Waals surface area (Å²) in [7, 11) is 3.62. The molecule has 0 unspecified atom stereocenters. The minimum atomic E-state index is -0.610. The van der Waals surface area contributed by atoms with Crippen LogP contribution in [0.2, 0.25) is 0 Å². The normalized spacial score (nSPS) is 14.0. The maximum atomic E-state index is 10.7. The number of ether oxygens (including phenoxy) is 1. The van der Waals surface area contributed by atoms with Crippen molar-refractivity contribution in [3.63, 3.8) is 0 Å². The standard InChI is InChI=1S/C18H20N2O2/c1-12(17(21)13-8-10-14(22-3)11-9-13)18-19-15-6-4-5-7-16(15)20(18)2/h4-12,17,21H,1-3H3/t12-,17+/m0/s1. The number of hydrogen-bond donors (Lipinski definition) is 1. The third kappa shape index (κ3) is 2.46. The number of imidazole rings is 1. The molecular formula is C18H20N2O2. The minimum absolute atomic E-state index is 0.106. The van der Waals surface area contributed by atoms with Gasteiger partial charge in [0, 0.05) is 13.0 Å². The number of aryl methyl sites for hydroxylation is 1. The summed E-state index contributed by atoms with van der Waals surface area (Å²) in [4.78, 5) is 4.67. The van der Waals surface area contributed by atoms with Gasteiger partial charge in [-0.3, -0.25) is 0 Å². The minimum Gasteiger partial charge on any atom is -0.497 e. The van der Waals surface area contributed by atoms with E-state index in [4.69, 9.17) is 4.74 Å². The number of fused-ring (bicyclic) bond motifs is 1. The Hall–Kier alpha value is -2.33. The van der Waals surface area contributed by atoms with E-state index < -0.39 is 6.10 Å². The van der Waals surface area contributed by atoms with Gasteiger partial charge in [0.2, 0.25) is 0 Å². The molecule has 1 aromatic heterocycles. The second kappa shape index (κ2) is 5.81. The van der Waals surface area contributed by atoms with Crippen molar-refractivity contribution in [3.8, 4) is 5.75 Å². The summed E-state index contributed by atoms with van der Waals surface area (Å²) in [5.41, 5.74) is 2.89. The van der Waals surface area contributed by atoms with Gasteiger partial charge in [-0.1, -0.05) is 31.2 Å². The molecule has 1 heterocycles. The second-order valence-electron chi connectivity index (χ2n) is 5.52. The van der Waals surface area contributed by atoms with Crippen molar-refractivity contribution >= 4 is 11.0 Å². The Kier molecular flexibility index (Phi) is 3.86. The van der Waals surface area contributed by atoms with Gasteiger partial charge < -0.3 is 14.4 Å². The van der Waals surface area contributed by atoms with E-state index in [1.54, 1.807) is 7.11 Å². The van der Waals surface area contributed by atoms with Crippen LogP contribution in [-0.4, -0.2) is 21.8 Å². The van der Waals surface area contributed by atoms with Gasteiger partial charge in [0.05, 0.1) is 24.2 Å². The highest BCUT2D eigenvalue weighted by atomic mass is 16.5. The summed E-state index contributed by atoms with van der Waals surface area (Å²) in [5.74, 6) is 1.56. The number of rotatable bonds is 4. The molecule has 2 atom stereocenters. The molecule has 4 nitrogen and oxygen atoms in total. The van der Waals surface area contributed by atoms with Crippen LogP contribution < -0.4 is 4.74 Å². The molecule has 0 fully saturated rings. The maximum Gasteiger partial charge on any atom is 0.118 e. The Morgan fingerprint density at radius 1 is 1.09 bits per heavy atom. The quantitative estimate of drug-likeness (QED) is 0.802. The maximum absolute atomic E-state index is 10.7. The molecule has 3 aromatic rings. The van der Waals surface area contributed by atoms with Gasteiger partial charge in [0.1, 0.15) is 11.6 Å². The van der Waals surface area contributed by atoms with E-state index in [-0.39, 0.29) is 5.92 Å². The molecule has 0 aliphatic heterocycles. The average Bonchev–Trinajstić information content (AvgIpc) is 2.91. The molecule has 0 bridgehead atoms. The SMILES string of the molecule is COc1ccc([C@H](O)[C@H](C)c2nc3ccccc3n2C)cc1. The van der Waals surface area contributed by atoms with Crippen molar-refractivity contribution in [2.75, 3.05) is 7.11 Å². The molecule has 2 aromatic carbocycles. The lowest BCUT2D eigenvalue weighted by Crippen LogP contribution is -2.12. The summed E-state index contributed by atoms with van der Waals surface area (Å²) in [6.45, 7) is 2.00. The van der Waals surface area contributed by atoms with Gasteiger partial charge in [-0.2, -0.15) is 0 Å². The largest absolute Gasteiger partial charge is 0.497 e. The Labute approximate surface area is 130 Å². The summed E-state index contributed by atoms with van der Waals surface area (Å²) in [6.07, 6.45) is -0.610. The number of methoxy groups -OCH3 is 1. The summed E-state index contributed by atoms with van der Waals surface area (Å²) < 4.78 is 7.20. The highest BCUT2D eigenvalue weighted by molar-refractivity contribution is 5.75. The van der Waals surface area contributed by atoms with Crippen molar-refractivity contribution in [2.24, 2.45) is 7.05 Å². The van der Waals surface area contributed by atoms with Crippen LogP contribution in [-0.2, 0) is 7.05 Å². The third-order valence-corrected chi connectivity index (χ3v) is 4.16. The van der Waals surface area contributed by atoms with Crippen LogP contribution in [0.25, 0.3) is 11.0 Å². The van der Waals surface area contributed by atoms with E-state index in [0.29, 0.717) is 0 Å². The number of hydrogen-bond acceptors (Lipinski definition) is 3. The first-order valence-corrected chi connectivity index (χ1v) is 7.35. The van der Waals surface area contributed by atoms with Crippen LogP contribution >= 0.6 is 0 Å². The molecule has 0 aliphatic rings. The van der Waals surface area contributed by atoms with Gasteiger partial charge in [0.25, 0.3) is 0 Å². The van der Waals surface area contributed by atoms with Crippen LogP contribution in [0.3, 0.4) is 0 Å². The van der Waals surface area contributed by atoms with Gasteiger partial charge in [-0.25, -0.2) is 4.98 Å². The van der Waals surface area contributed by atoms with E-state index in [2.05, 4.69) is 4.98 Å². The zero-order chi connectivity index (χ0) is 15.7. The average molecular weight is 296 g/mol. The monoisotopic (exact) mass is 296 g/mol. The smallest absolute Gasteiger partial charge is 0.118 e. The zero-order valence-corrected chi connectivity index (χ0v) is 13.0. The van der Waals surface area contributed by atoms with Crippen molar-refractivity contribution in [3.05, 3.63) is 59.9 Å². The van der Waals surface area contributed by atoms with Crippen molar-refractivity contribution in [2.45, 2.75) is 18.9 Å². The Morgan fingerprint density at radius 3 is 2.41 bits per heavy atom. The fourth-order valence-corrected chi connectivity index (χ4v) is 2.80. The molecule has 0 aliphatic carbocycles. The van der Waals surface area contributed by atoms with E-state index in [1.807, 2.05) is 67.1 Å². The molecule has 0 amide bonds. The van der Waals surface area contributed by atoms with E-state index >= 15 is 0 Å². The van der Waals surface area contributed by atoms with Gasteiger partial charge in [-0.05, 0) is 29.8 Å². The Morgan fingerprint density at radius 2 is 1.77 bits per heavy atom. The molecule has 0 saturated heterocycles. The lowest BCUT2D eigenvalue weighted by Gasteiger charge is -2.19. The Bertz CT molecular complexity index is 777. The van der Waals surface area contributed by atoms with Crippen LogP contribution in [0.15, 0.2) is 48.5 Å². The number of aliphatic hydroxyl groups is 1. The molecule has 1 N–H and O–H groups in total. The first-order chi connectivity index (χ1) is 10.6.